The standard InChI is InChI=1S/C13H19N5/c1-4-9-18-10-11(2)16-13(18)14-7-5-12-6-8-15-17(12)3/h4,6,8,10H,1,5,7,9H2,2-3H3,(H,14,16). The fourth-order valence-corrected chi connectivity index (χ4v) is 1.92. The van der Waals surface area contributed by atoms with Crippen molar-refractivity contribution in [3.05, 3.63) is 42.5 Å². The molecular weight excluding hydrogens is 226 g/mol. The monoisotopic (exact) mass is 245 g/mol. The number of hydrogen-bond donors (Lipinski definition) is 1. The number of aryl methyl sites for hydroxylation is 2. The largest absolute Gasteiger partial charge is 0.355 e. The molecule has 2 aromatic rings. The van der Waals surface area contributed by atoms with E-state index in [0.29, 0.717) is 0 Å². The third-order valence-electron chi connectivity index (χ3n) is 2.81. The van der Waals surface area contributed by atoms with Gasteiger partial charge in [-0.05, 0) is 13.0 Å². The van der Waals surface area contributed by atoms with Crippen LogP contribution in [0.25, 0.3) is 0 Å². The summed E-state index contributed by atoms with van der Waals surface area (Å²) in [6, 6.07) is 2.03. The van der Waals surface area contributed by atoms with E-state index in [1.165, 1.54) is 5.69 Å². The number of nitrogens with one attached hydrogen (secondary N) is 1. The molecule has 96 valence electrons. The van der Waals surface area contributed by atoms with Gasteiger partial charge in [-0.2, -0.15) is 5.10 Å². The van der Waals surface area contributed by atoms with Crippen molar-refractivity contribution in [3.63, 3.8) is 0 Å². The molecule has 0 amide bonds. The smallest absolute Gasteiger partial charge is 0.203 e. The molecule has 0 spiro atoms. The Morgan fingerprint density at radius 2 is 2.33 bits per heavy atom. The molecule has 0 aliphatic rings. The average Bonchev–Trinajstić information content (AvgIpc) is 2.87. The van der Waals surface area contributed by atoms with Crippen molar-refractivity contribution in [1.82, 2.24) is 19.3 Å². The molecule has 18 heavy (non-hydrogen) atoms. The lowest BCUT2D eigenvalue weighted by molar-refractivity contribution is 0.708. The quantitative estimate of drug-likeness (QED) is 0.789. The fraction of sp³-hybridized carbons (Fsp3) is 0.385. The van der Waals surface area contributed by atoms with Crippen LogP contribution in [0, 0.1) is 6.92 Å². The zero-order valence-electron chi connectivity index (χ0n) is 10.9. The highest BCUT2D eigenvalue weighted by Crippen LogP contribution is 2.08. The highest BCUT2D eigenvalue weighted by molar-refractivity contribution is 5.29. The first-order valence-electron chi connectivity index (χ1n) is 6.06. The van der Waals surface area contributed by atoms with Crippen LogP contribution in [0.1, 0.15) is 11.4 Å². The molecular formula is C13H19N5. The van der Waals surface area contributed by atoms with Crippen LogP contribution in [-0.4, -0.2) is 25.9 Å². The molecule has 1 N–H and O–H groups in total. The van der Waals surface area contributed by atoms with E-state index in [9.17, 15) is 0 Å². The Morgan fingerprint density at radius 3 is 3.00 bits per heavy atom. The van der Waals surface area contributed by atoms with Crippen LogP contribution in [0.15, 0.2) is 31.1 Å². The minimum absolute atomic E-state index is 0.773. The Balaban J connectivity index is 1.94. The van der Waals surface area contributed by atoms with E-state index >= 15 is 0 Å². The molecule has 0 unspecified atom stereocenters. The Bertz CT molecular complexity index is 523. The van der Waals surface area contributed by atoms with Gasteiger partial charge in [0.15, 0.2) is 0 Å². The summed E-state index contributed by atoms with van der Waals surface area (Å²) in [4.78, 5) is 4.45. The third-order valence-corrected chi connectivity index (χ3v) is 2.81. The predicted molar refractivity (Wildman–Crippen MR) is 72.6 cm³/mol. The van der Waals surface area contributed by atoms with Gasteiger partial charge in [0.25, 0.3) is 0 Å². The molecule has 0 saturated heterocycles. The van der Waals surface area contributed by atoms with E-state index in [0.717, 1.165) is 31.2 Å². The van der Waals surface area contributed by atoms with Gasteiger partial charge in [-0.25, -0.2) is 4.98 Å². The van der Waals surface area contributed by atoms with E-state index in [1.807, 2.05) is 43.2 Å². The first-order chi connectivity index (χ1) is 8.70. The molecule has 2 heterocycles. The summed E-state index contributed by atoms with van der Waals surface area (Å²) >= 11 is 0. The van der Waals surface area contributed by atoms with Crippen LogP contribution in [0.5, 0.6) is 0 Å². The summed E-state index contributed by atoms with van der Waals surface area (Å²) in [5.41, 5.74) is 2.22. The van der Waals surface area contributed by atoms with Gasteiger partial charge < -0.3 is 9.88 Å². The topological polar surface area (TPSA) is 47.7 Å². The van der Waals surface area contributed by atoms with Gasteiger partial charge in [0.2, 0.25) is 5.95 Å². The summed E-state index contributed by atoms with van der Waals surface area (Å²) in [6.07, 6.45) is 6.64. The molecule has 5 heteroatoms. The van der Waals surface area contributed by atoms with E-state index < -0.39 is 0 Å². The van der Waals surface area contributed by atoms with Crippen LogP contribution >= 0.6 is 0 Å². The summed E-state index contributed by atoms with van der Waals surface area (Å²) in [7, 11) is 1.96. The third kappa shape index (κ3) is 2.80. The lowest BCUT2D eigenvalue weighted by atomic mass is 10.3. The zero-order chi connectivity index (χ0) is 13.0. The van der Waals surface area contributed by atoms with Gasteiger partial charge in [-0.15, -0.1) is 6.58 Å². The van der Waals surface area contributed by atoms with Gasteiger partial charge >= 0.3 is 0 Å². The predicted octanol–water partition coefficient (Wildman–Crippen LogP) is 1.77. The zero-order valence-corrected chi connectivity index (χ0v) is 10.9. The van der Waals surface area contributed by atoms with Gasteiger partial charge in [0.05, 0.1) is 5.69 Å². The number of anilines is 1. The molecule has 0 aliphatic carbocycles. The second kappa shape index (κ2) is 5.53. The van der Waals surface area contributed by atoms with Gasteiger partial charge in [-0.3, -0.25) is 4.68 Å². The number of allylic oxidation sites excluding steroid dienone is 1. The Hall–Kier alpha value is -2.04. The van der Waals surface area contributed by atoms with Crippen molar-refractivity contribution in [2.75, 3.05) is 11.9 Å². The van der Waals surface area contributed by atoms with E-state index in [1.54, 1.807) is 0 Å². The molecule has 0 radical (unpaired) electrons. The van der Waals surface area contributed by atoms with Gasteiger partial charge in [0, 0.05) is 44.6 Å². The van der Waals surface area contributed by atoms with Gasteiger partial charge in [-0.1, -0.05) is 6.08 Å². The van der Waals surface area contributed by atoms with Crippen molar-refractivity contribution in [3.8, 4) is 0 Å². The molecule has 0 atom stereocenters. The normalized spacial score (nSPS) is 10.6. The molecule has 0 aromatic carbocycles. The van der Waals surface area contributed by atoms with E-state index in [2.05, 4.69) is 26.5 Å². The van der Waals surface area contributed by atoms with Crippen LogP contribution in [-0.2, 0) is 20.0 Å². The summed E-state index contributed by atoms with van der Waals surface area (Å²) in [5, 5.41) is 7.50. The minimum atomic E-state index is 0.773. The maximum absolute atomic E-state index is 4.45. The molecule has 0 aliphatic heterocycles. The number of rotatable bonds is 6. The SMILES string of the molecule is C=CCn1cc(C)nc1NCCc1ccnn1C. The van der Waals surface area contributed by atoms with E-state index in [4.69, 9.17) is 0 Å². The molecule has 0 fully saturated rings. The summed E-state index contributed by atoms with van der Waals surface area (Å²) in [6.45, 7) is 7.36. The van der Waals surface area contributed by atoms with Gasteiger partial charge in [0.1, 0.15) is 0 Å². The first-order valence-corrected chi connectivity index (χ1v) is 6.06. The van der Waals surface area contributed by atoms with Crippen molar-refractivity contribution in [2.24, 2.45) is 7.05 Å². The molecule has 5 nitrogen and oxygen atoms in total. The highest BCUT2D eigenvalue weighted by atomic mass is 15.3. The molecule has 0 saturated carbocycles. The number of nitrogens with zero attached hydrogens (tertiary/aromatic N) is 4. The van der Waals surface area contributed by atoms with E-state index in [-0.39, 0.29) is 0 Å². The molecule has 2 aromatic heterocycles. The van der Waals surface area contributed by atoms with Crippen LogP contribution in [0.3, 0.4) is 0 Å². The maximum atomic E-state index is 4.45. The van der Waals surface area contributed by atoms with Crippen LogP contribution in [0.2, 0.25) is 0 Å². The number of hydrogen-bond acceptors (Lipinski definition) is 3. The van der Waals surface area contributed by atoms with Crippen molar-refractivity contribution < 1.29 is 0 Å². The minimum Gasteiger partial charge on any atom is -0.355 e. The molecule has 0 bridgehead atoms. The number of aromatic nitrogens is 4. The lowest BCUT2D eigenvalue weighted by Gasteiger charge is -2.07. The first kappa shape index (κ1) is 12.4. The number of imidazole rings is 1. The van der Waals surface area contributed by atoms with Crippen molar-refractivity contribution in [2.45, 2.75) is 19.9 Å². The van der Waals surface area contributed by atoms with Crippen LogP contribution in [0.4, 0.5) is 5.95 Å². The second-order valence-electron chi connectivity index (χ2n) is 4.27. The fourth-order valence-electron chi connectivity index (χ4n) is 1.92. The summed E-state index contributed by atoms with van der Waals surface area (Å²) < 4.78 is 3.95. The highest BCUT2D eigenvalue weighted by Gasteiger charge is 2.04. The molecule has 2 rings (SSSR count). The van der Waals surface area contributed by atoms with Crippen molar-refractivity contribution >= 4 is 5.95 Å². The van der Waals surface area contributed by atoms with Crippen molar-refractivity contribution in [1.29, 1.82) is 0 Å². The Kier molecular flexibility index (Phi) is 3.82. The lowest BCUT2D eigenvalue weighted by Crippen LogP contribution is -2.12. The Labute approximate surface area is 107 Å². The average molecular weight is 245 g/mol. The van der Waals surface area contributed by atoms with Crippen LogP contribution < -0.4 is 5.32 Å². The second-order valence-corrected chi connectivity index (χ2v) is 4.27. The summed E-state index contributed by atoms with van der Waals surface area (Å²) in [5.74, 6) is 0.898. The maximum Gasteiger partial charge on any atom is 0.203 e. The Morgan fingerprint density at radius 1 is 1.50 bits per heavy atom.